The number of nitrogens with one attached hydrogen (secondary N) is 1. The maximum atomic E-state index is 14.8. The van der Waals surface area contributed by atoms with E-state index in [1.165, 1.54) is 39.3 Å². The zero-order valence-corrected chi connectivity index (χ0v) is 34.5. The second-order valence-corrected chi connectivity index (χ2v) is 17.6. The first-order valence-corrected chi connectivity index (χ1v) is 21.7. The van der Waals surface area contributed by atoms with Crippen LogP contribution in [-0.4, -0.2) is 51.9 Å². The Kier molecular flexibility index (Phi) is 12.6. The maximum Gasteiger partial charge on any atom is 0.419 e. The lowest BCUT2D eigenvalue weighted by Crippen LogP contribution is -2.40. The van der Waals surface area contributed by atoms with Crippen LogP contribution in [0.15, 0.2) is 118 Å². The predicted octanol–water partition coefficient (Wildman–Crippen LogP) is 8.51. The number of sulfonamides is 1. The van der Waals surface area contributed by atoms with Gasteiger partial charge in [-0.2, -0.15) is 13.2 Å². The molecule has 0 radical (unpaired) electrons. The van der Waals surface area contributed by atoms with Crippen molar-refractivity contribution in [2.75, 3.05) is 13.2 Å². The monoisotopic (exact) mass is 876 g/mol. The van der Waals surface area contributed by atoms with Crippen molar-refractivity contribution in [2.45, 2.75) is 49.7 Å². The number of hydrogen-bond acceptors (Lipinski definition) is 10. The summed E-state index contributed by atoms with van der Waals surface area (Å²) < 4.78 is 92.4. The van der Waals surface area contributed by atoms with Gasteiger partial charge in [0.1, 0.15) is 21.6 Å². The lowest BCUT2D eigenvalue weighted by Gasteiger charge is -2.33. The number of para-hydroxylation sites is 1. The summed E-state index contributed by atoms with van der Waals surface area (Å²) in [6, 6.07) is 20.9. The fourth-order valence-electron chi connectivity index (χ4n) is 6.62. The molecule has 3 aromatic carbocycles. The van der Waals surface area contributed by atoms with Crippen molar-refractivity contribution < 1.29 is 35.5 Å². The molecule has 4 heterocycles. The Morgan fingerprint density at radius 2 is 1.77 bits per heavy atom. The number of carbonyl (C=O) groups excluding carboxylic acids is 1. The summed E-state index contributed by atoms with van der Waals surface area (Å²) in [7, 11) is -4.11. The summed E-state index contributed by atoms with van der Waals surface area (Å²) in [5.74, 6) is -1.61. The zero-order valence-electron chi connectivity index (χ0n) is 32.0. The summed E-state index contributed by atoms with van der Waals surface area (Å²) in [5, 5.41) is 2.93. The smallest absolute Gasteiger partial charge is 0.419 e. The van der Waals surface area contributed by atoms with Gasteiger partial charge in [-0.15, -0.1) is 22.7 Å². The van der Waals surface area contributed by atoms with Crippen molar-refractivity contribution >= 4 is 49.5 Å². The number of benzene rings is 3. The average Bonchev–Trinajstić information content (AvgIpc) is 3.90. The molecule has 4 aromatic heterocycles. The first kappa shape index (κ1) is 42.3. The van der Waals surface area contributed by atoms with E-state index in [-0.39, 0.29) is 40.5 Å². The third-order valence-electron chi connectivity index (χ3n) is 9.40. The van der Waals surface area contributed by atoms with Gasteiger partial charge in [0.05, 0.1) is 56.8 Å². The number of carbonyl (C=O) groups is 1. The fraction of sp³-hybridized carbons (Fsp3) is 0.214. The molecule has 0 aliphatic rings. The molecule has 18 heteroatoms. The van der Waals surface area contributed by atoms with E-state index >= 15 is 0 Å². The Morgan fingerprint density at radius 1 is 0.983 bits per heavy atom. The fourth-order valence-corrected chi connectivity index (χ4v) is 9.67. The number of thiazole rings is 1. The molecule has 0 saturated heterocycles. The first-order valence-electron chi connectivity index (χ1n) is 18.5. The molecule has 7 aromatic rings. The van der Waals surface area contributed by atoms with Crippen LogP contribution in [0, 0.1) is 12.7 Å². The highest BCUT2D eigenvalue weighted by Gasteiger charge is 2.35. The van der Waals surface area contributed by atoms with Gasteiger partial charge in [0.2, 0.25) is 15.9 Å². The molecule has 310 valence electrons. The Balaban J connectivity index is 1.34. The molecule has 0 bridgehead atoms. The second-order valence-electron chi connectivity index (χ2n) is 13.5. The van der Waals surface area contributed by atoms with Crippen LogP contribution in [0.25, 0.3) is 27.2 Å². The first-order chi connectivity index (χ1) is 28.7. The minimum atomic E-state index is -4.95. The van der Waals surface area contributed by atoms with Gasteiger partial charge >= 0.3 is 6.18 Å². The van der Waals surface area contributed by atoms with Crippen LogP contribution >= 0.6 is 22.7 Å². The number of hydrogen-bond donors (Lipinski definition) is 1. The van der Waals surface area contributed by atoms with Crippen LogP contribution in [0.2, 0.25) is 0 Å². The predicted molar refractivity (Wildman–Crippen MR) is 221 cm³/mol. The van der Waals surface area contributed by atoms with Crippen molar-refractivity contribution in [1.82, 2.24) is 29.1 Å². The van der Waals surface area contributed by atoms with Crippen LogP contribution in [0.1, 0.15) is 46.9 Å². The van der Waals surface area contributed by atoms with Crippen molar-refractivity contribution in [3.05, 3.63) is 152 Å². The van der Waals surface area contributed by atoms with Gasteiger partial charge in [-0.3, -0.25) is 19.1 Å². The number of amides is 1. The standard InChI is InChI=1S/C42H36F4N6O5S3/c1-3-57-30-13-11-29(12-14-30)52-40(50-34-9-5-4-8-31(34)41(52)54)36(18-20-48-60(55,56)39-17-16-37(59-39)35-25-58-26(2)49-35)51(24-28-7-6-19-47-23-28)38(53)22-27-10-15-32(33(43)21-27)42(44,45)46/h4-17,19,21,23,25,36,48H,3,18,20,22,24H2,1-2H3. The summed E-state index contributed by atoms with van der Waals surface area (Å²) in [5.41, 5.74) is -0.148. The van der Waals surface area contributed by atoms with E-state index in [0.29, 0.717) is 51.8 Å². The van der Waals surface area contributed by atoms with Crippen molar-refractivity contribution in [2.24, 2.45) is 0 Å². The number of halogens is 4. The second kappa shape index (κ2) is 17.8. The van der Waals surface area contributed by atoms with E-state index in [0.717, 1.165) is 22.4 Å². The topological polar surface area (TPSA) is 136 Å². The van der Waals surface area contributed by atoms with Crippen LogP contribution in [0.3, 0.4) is 0 Å². The van der Waals surface area contributed by atoms with E-state index in [2.05, 4.69) is 14.7 Å². The van der Waals surface area contributed by atoms with Gasteiger partial charge in [0.25, 0.3) is 5.56 Å². The van der Waals surface area contributed by atoms with Crippen LogP contribution in [-0.2, 0) is 34.0 Å². The van der Waals surface area contributed by atoms with Crippen molar-refractivity contribution in [3.63, 3.8) is 0 Å². The van der Waals surface area contributed by atoms with E-state index in [9.17, 15) is 35.6 Å². The molecule has 11 nitrogen and oxygen atoms in total. The summed E-state index contributed by atoms with van der Waals surface area (Å²) in [6.07, 6.45) is -2.59. The number of nitrogens with zero attached hydrogens (tertiary/aromatic N) is 5. The lowest BCUT2D eigenvalue weighted by molar-refractivity contribution is -0.140. The van der Waals surface area contributed by atoms with E-state index in [1.807, 2.05) is 19.2 Å². The molecular formula is C42H36F4N6O5S3. The van der Waals surface area contributed by atoms with E-state index < -0.39 is 51.5 Å². The minimum Gasteiger partial charge on any atom is -0.494 e. The number of thiophene rings is 1. The molecule has 0 fully saturated rings. The van der Waals surface area contributed by atoms with Gasteiger partial charge in [-0.05, 0) is 98.1 Å². The molecule has 1 unspecified atom stereocenters. The zero-order chi connectivity index (χ0) is 42.6. The molecule has 0 aliphatic heterocycles. The normalized spacial score (nSPS) is 12.4. The third kappa shape index (κ3) is 9.46. The quantitative estimate of drug-likeness (QED) is 0.101. The molecule has 0 saturated carbocycles. The Bertz CT molecular complexity index is 2810. The number of aromatic nitrogens is 4. The Hall–Kier alpha value is -5.82. The summed E-state index contributed by atoms with van der Waals surface area (Å²) in [6.45, 7) is 3.66. The van der Waals surface area contributed by atoms with Gasteiger partial charge in [0.15, 0.2) is 0 Å². The van der Waals surface area contributed by atoms with Crippen molar-refractivity contribution in [3.8, 4) is 22.0 Å². The molecule has 1 amide bonds. The molecule has 1 N–H and O–H groups in total. The van der Waals surface area contributed by atoms with Crippen LogP contribution < -0.4 is 15.0 Å². The van der Waals surface area contributed by atoms with Crippen molar-refractivity contribution in [1.29, 1.82) is 0 Å². The molecule has 0 spiro atoms. The Labute approximate surface area is 350 Å². The molecule has 7 rings (SSSR count). The highest BCUT2D eigenvalue weighted by atomic mass is 32.2. The number of aryl methyl sites for hydroxylation is 1. The van der Waals surface area contributed by atoms with Gasteiger partial charge in [-0.1, -0.05) is 24.3 Å². The van der Waals surface area contributed by atoms with Gasteiger partial charge in [-0.25, -0.2) is 27.5 Å². The summed E-state index contributed by atoms with van der Waals surface area (Å²) in [4.78, 5) is 44.8. The van der Waals surface area contributed by atoms with Gasteiger partial charge in [0, 0.05) is 30.9 Å². The van der Waals surface area contributed by atoms with Crippen LogP contribution in [0.4, 0.5) is 17.6 Å². The number of ether oxygens (including phenoxy) is 1. The molecule has 60 heavy (non-hydrogen) atoms. The summed E-state index contributed by atoms with van der Waals surface area (Å²) >= 11 is 2.48. The number of rotatable bonds is 15. The maximum absolute atomic E-state index is 14.8. The van der Waals surface area contributed by atoms with Gasteiger partial charge < -0.3 is 9.64 Å². The third-order valence-corrected chi connectivity index (χ3v) is 13.2. The number of alkyl halides is 3. The minimum absolute atomic E-state index is 0.0300. The molecule has 1 atom stereocenters. The highest BCUT2D eigenvalue weighted by Crippen LogP contribution is 2.34. The SMILES string of the molecule is CCOc1ccc(-n2c(C(CCNS(=O)(=O)c3ccc(-c4csc(C)n4)s3)N(Cc3cccnc3)C(=O)Cc3ccc(C(F)(F)F)c(F)c3)nc3ccccc3c2=O)cc1. The number of fused-ring (bicyclic) bond motifs is 1. The Morgan fingerprint density at radius 3 is 2.45 bits per heavy atom. The number of pyridine rings is 1. The lowest BCUT2D eigenvalue weighted by atomic mass is 10.0. The van der Waals surface area contributed by atoms with E-state index in [1.54, 1.807) is 66.7 Å². The molecular weight excluding hydrogens is 841 g/mol. The average molecular weight is 877 g/mol. The highest BCUT2D eigenvalue weighted by molar-refractivity contribution is 7.91. The largest absolute Gasteiger partial charge is 0.494 e. The molecule has 0 aliphatic carbocycles. The van der Waals surface area contributed by atoms with Crippen LogP contribution in [0.5, 0.6) is 5.75 Å². The van der Waals surface area contributed by atoms with E-state index in [4.69, 9.17) is 9.72 Å².